The second-order valence-corrected chi connectivity index (χ2v) is 7.15. The highest BCUT2D eigenvalue weighted by atomic mass is 16.1. The highest BCUT2D eigenvalue weighted by Gasteiger charge is 2.45. The van der Waals surface area contributed by atoms with Crippen molar-refractivity contribution in [2.45, 2.75) is 37.8 Å². The van der Waals surface area contributed by atoms with Crippen molar-refractivity contribution in [2.75, 3.05) is 10.6 Å². The van der Waals surface area contributed by atoms with E-state index in [1.165, 1.54) is 11.0 Å². The summed E-state index contributed by atoms with van der Waals surface area (Å²) in [5, 5.41) is 14.7. The second kappa shape index (κ2) is 7.47. The van der Waals surface area contributed by atoms with Gasteiger partial charge < -0.3 is 22.1 Å². The van der Waals surface area contributed by atoms with E-state index < -0.39 is 5.91 Å². The summed E-state index contributed by atoms with van der Waals surface area (Å²) < 4.78 is 0. The first-order chi connectivity index (χ1) is 14.0. The number of primary amides is 1. The SMILES string of the molecule is CCC(Nc1ncc(C(N)=O)c(Nc2cccc(-n3nccn3)c2)n1)C1(N)CC1. The molecule has 3 aromatic rings. The summed E-state index contributed by atoms with van der Waals surface area (Å²) in [6.07, 6.45) is 7.40. The Kier molecular flexibility index (Phi) is 4.85. The van der Waals surface area contributed by atoms with Crippen LogP contribution in [0.1, 0.15) is 36.5 Å². The zero-order valence-electron chi connectivity index (χ0n) is 16.0. The molecule has 4 rings (SSSR count). The Balaban J connectivity index is 1.61. The topological polar surface area (TPSA) is 150 Å². The summed E-state index contributed by atoms with van der Waals surface area (Å²) in [4.78, 5) is 22.1. The van der Waals surface area contributed by atoms with E-state index in [0.717, 1.165) is 24.9 Å². The van der Waals surface area contributed by atoms with Gasteiger partial charge in [0.05, 0.1) is 18.1 Å². The van der Waals surface area contributed by atoms with Crippen LogP contribution in [-0.2, 0) is 0 Å². The zero-order valence-corrected chi connectivity index (χ0v) is 16.0. The molecule has 2 heterocycles. The Morgan fingerprint density at radius 1 is 1.31 bits per heavy atom. The molecule has 1 aliphatic carbocycles. The van der Waals surface area contributed by atoms with Gasteiger partial charge in [0, 0.05) is 23.5 Å². The predicted octanol–water partition coefficient (Wildman–Crippen LogP) is 1.58. The Hall–Kier alpha value is -3.53. The third-order valence-electron chi connectivity index (χ3n) is 5.05. The fourth-order valence-corrected chi connectivity index (χ4v) is 3.22. The molecule has 0 radical (unpaired) electrons. The minimum absolute atomic E-state index is 0.0593. The fraction of sp³-hybridized carbons (Fsp3) is 0.316. The lowest BCUT2D eigenvalue weighted by Gasteiger charge is -2.23. The summed E-state index contributed by atoms with van der Waals surface area (Å²) in [6.45, 7) is 2.07. The first kappa shape index (κ1) is 18.8. The van der Waals surface area contributed by atoms with Crippen LogP contribution in [0.4, 0.5) is 17.5 Å². The lowest BCUT2D eigenvalue weighted by Crippen LogP contribution is -2.42. The van der Waals surface area contributed by atoms with E-state index in [0.29, 0.717) is 17.5 Å². The number of nitrogens with one attached hydrogen (secondary N) is 2. The van der Waals surface area contributed by atoms with Gasteiger partial charge in [0.25, 0.3) is 5.91 Å². The van der Waals surface area contributed by atoms with Crippen molar-refractivity contribution in [3.05, 3.63) is 48.4 Å². The summed E-state index contributed by atoms with van der Waals surface area (Å²) in [7, 11) is 0. The van der Waals surface area contributed by atoms with E-state index in [9.17, 15) is 4.79 Å². The van der Waals surface area contributed by atoms with Crippen molar-refractivity contribution in [3.8, 4) is 5.69 Å². The molecule has 2 aromatic heterocycles. The number of hydrogen-bond donors (Lipinski definition) is 4. The molecule has 10 heteroatoms. The number of amides is 1. The highest BCUT2D eigenvalue weighted by molar-refractivity contribution is 5.98. The molecule has 1 aliphatic rings. The highest BCUT2D eigenvalue weighted by Crippen LogP contribution is 2.38. The molecule has 1 fully saturated rings. The van der Waals surface area contributed by atoms with Crippen molar-refractivity contribution in [2.24, 2.45) is 11.5 Å². The van der Waals surface area contributed by atoms with Crippen molar-refractivity contribution in [1.29, 1.82) is 0 Å². The Bertz CT molecular complexity index is 1010. The van der Waals surface area contributed by atoms with E-state index >= 15 is 0 Å². The van der Waals surface area contributed by atoms with Gasteiger partial charge in [-0.3, -0.25) is 4.79 Å². The van der Waals surface area contributed by atoms with Crippen LogP contribution in [-0.4, -0.2) is 42.4 Å². The molecule has 0 saturated heterocycles. The van der Waals surface area contributed by atoms with Gasteiger partial charge in [0.2, 0.25) is 5.95 Å². The van der Waals surface area contributed by atoms with Gasteiger partial charge in [-0.1, -0.05) is 13.0 Å². The minimum Gasteiger partial charge on any atom is -0.365 e. The number of anilines is 3. The first-order valence-corrected chi connectivity index (χ1v) is 9.44. The maximum Gasteiger partial charge on any atom is 0.254 e. The number of nitrogens with zero attached hydrogens (tertiary/aromatic N) is 5. The standard InChI is InChI=1S/C19H23N9O/c1-2-15(19(21)6-7-19)26-18-22-11-14(16(20)29)17(27-18)25-12-4-3-5-13(10-12)28-23-8-9-24-28/h3-5,8-11,15H,2,6-7,21H2,1H3,(H2,20,29)(H2,22,25,26,27). The smallest absolute Gasteiger partial charge is 0.254 e. The van der Waals surface area contributed by atoms with Crippen molar-refractivity contribution in [3.63, 3.8) is 0 Å². The molecule has 0 bridgehead atoms. The third-order valence-corrected chi connectivity index (χ3v) is 5.05. The van der Waals surface area contributed by atoms with Crippen LogP contribution in [0.2, 0.25) is 0 Å². The molecule has 29 heavy (non-hydrogen) atoms. The van der Waals surface area contributed by atoms with E-state index in [1.54, 1.807) is 12.4 Å². The van der Waals surface area contributed by atoms with Crippen LogP contribution in [0.15, 0.2) is 42.9 Å². The quantitative estimate of drug-likeness (QED) is 0.450. The number of carbonyl (C=O) groups is 1. The van der Waals surface area contributed by atoms with Gasteiger partial charge in [-0.15, -0.1) is 0 Å². The van der Waals surface area contributed by atoms with Crippen LogP contribution in [0.3, 0.4) is 0 Å². The van der Waals surface area contributed by atoms with Crippen molar-refractivity contribution in [1.82, 2.24) is 25.0 Å². The molecule has 0 aliphatic heterocycles. The van der Waals surface area contributed by atoms with Crippen molar-refractivity contribution < 1.29 is 4.79 Å². The fourth-order valence-electron chi connectivity index (χ4n) is 3.22. The predicted molar refractivity (Wildman–Crippen MR) is 109 cm³/mol. The van der Waals surface area contributed by atoms with Gasteiger partial charge >= 0.3 is 0 Å². The molecule has 0 spiro atoms. The monoisotopic (exact) mass is 393 g/mol. The summed E-state index contributed by atoms with van der Waals surface area (Å²) in [5.41, 5.74) is 13.3. The van der Waals surface area contributed by atoms with E-state index in [2.05, 4.69) is 37.7 Å². The third kappa shape index (κ3) is 4.02. The lowest BCUT2D eigenvalue weighted by molar-refractivity contribution is 0.100. The summed E-state index contributed by atoms with van der Waals surface area (Å²) in [5.74, 6) is 0.0942. The summed E-state index contributed by atoms with van der Waals surface area (Å²) >= 11 is 0. The molecular formula is C19H23N9O. The van der Waals surface area contributed by atoms with Crippen molar-refractivity contribution >= 4 is 23.4 Å². The molecule has 6 N–H and O–H groups in total. The second-order valence-electron chi connectivity index (χ2n) is 7.15. The van der Waals surface area contributed by atoms with Crippen LogP contribution in [0.25, 0.3) is 5.69 Å². The first-order valence-electron chi connectivity index (χ1n) is 9.44. The Labute approximate surface area is 167 Å². The maximum atomic E-state index is 11.9. The number of nitrogens with two attached hydrogens (primary N) is 2. The number of carbonyl (C=O) groups excluding carboxylic acids is 1. The molecule has 1 unspecified atom stereocenters. The number of rotatable bonds is 8. The lowest BCUT2D eigenvalue weighted by atomic mass is 10.1. The molecule has 1 saturated carbocycles. The molecule has 1 atom stereocenters. The van der Waals surface area contributed by atoms with Crippen LogP contribution < -0.4 is 22.1 Å². The largest absolute Gasteiger partial charge is 0.365 e. The number of hydrogen-bond acceptors (Lipinski definition) is 8. The minimum atomic E-state index is -0.617. The number of benzene rings is 1. The summed E-state index contributed by atoms with van der Waals surface area (Å²) in [6, 6.07) is 7.47. The maximum absolute atomic E-state index is 11.9. The normalized spacial score (nSPS) is 15.5. The Morgan fingerprint density at radius 3 is 2.72 bits per heavy atom. The van der Waals surface area contributed by atoms with Crippen LogP contribution in [0.5, 0.6) is 0 Å². The average Bonchev–Trinajstić information content (AvgIpc) is 3.23. The van der Waals surface area contributed by atoms with Gasteiger partial charge in [-0.05, 0) is 37.5 Å². The number of aromatic nitrogens is 5. The molecule has 1 amide bonds. The van der Waals surface area contributed by atoms with Gasteiger partial charge in [0.15, 0.2) is 0 Å². The van der Waals surface area contributed by atoms with Gasteiger partial charge in [-0.2, -0.15) is 20.0 Å². The van der Waals surface area contributed by atoms with E-state index in [-0.39, 0.29) is 17.1 Å². The molecule has 150 valence electrons. The van der Waals surface area contributed by atoms with Gasteiger partial charge in [0.1, 0.15) is 11.4 Å². The van der Waals surface area contributed by atoms with Crippen LogP contribution in [0, 0.1) is 0 Å². The van der Waals surface area contributed by atoms with E-state index in [4.69, 9.17) is 11.5 Å². The van der Waals surface area contributed by atoms with Gasteiger partial charge in [-0.25, -0.2) is 4.98 Å². The molecular weight excluding hydrogens is 370 g/mol. The average molecular weight is 393 g/mol. The molecule has 10 nitrogen and oxygen atoms in total. The van der Waals surface area contributed by atoms with E-state index in [1.807, 2.05) is 24.3 Å². The zero-order chi connectivity index (χ0) is 20.4. The van der Waals surface area contributed by atoms with Crippen LogP contribution >= 0.6 is 0 Å². The molecule has 1 aromatic carbocycles. The Morgan fingerprint density at radius 2 is 2.07 bits per heavy atom.